The predicted molar refractivity (Wildman–Crippen MR) is 76.5 cm³/mol. The van der Waals surface area contributed by atoms with Gasteiger partial charge in [0.2, 0.25) is 0 Å². The van der Waals surface area contributed by atoms with Gasteiger partial charge >= 0.3 is 0 Å². The normalized spacial score (nSPS) is 16.4. The number of benzene rings is 1. The minimum atomic E-state index is 0.640. The number of rotatable bonds is 7. The first-order chi connectivity index (χ1) is 8.66. The lowest BCUT2D eigenvalue weighted by Crippen LogP contribution is -2.31. The molecule has 1 aliphatic rings. The fourth-order valence-corrected chi connectivity index (χ4v) is 2.07. The average Bonchev–Trinajstić information content (AvgIpc) is 3.19. The van der Waals surface area contributed by atoms with Gasteiger partial charge in [-0.25, -0.2) is 0 Å². The van der Waals surface area contributed by atoms with Crippen LogP contribution >= 0.6 is 0 Å². The fourth-order valence-electron chi connectivity index (χ4n) is 2.07. The van der Waals surface area contributed by atoms with Crippen LogP contribution in [0.3, 0.4) is 0 Å². The number of nitrogens with zero attached hydrogens (tertiary/aromatic N) is 1. The topological polar surface area (TPSA) is 24.5 Å². The summed E-state index contributed by atoms with van der Waals surface area (Å²) in [5.74, 6) is 1.85. The highest BCUT2D eigenvalue weighted by molar-refractivity contribution is 5.49. The highest BCUT2D eigenvalue weighted by Gasteiger charge is 2.27. The Bertz CT molecular complexity index is 375. The van der Waals surface area contributed by atoms with E-state index in [2.05, 4.69) is 29.3 Å². The third-order valence-corrected chi connectivity index (χ3v) is 3.50. The van der Waals surface area contributed by atoms with Gasteiger partial charge in [-0.3, -0.25) is 0 Å². The average molecular weight is 248 g/mol. The molecule has 0 amide bonds. The maximum atomic E-state index is 5.76. The van der Waals surface area contributed by atoms with Gasteiger partial charge in [0.15, 0.2) is 0 Å². The summed E-state index contributed by atoms with van der Waals surface area (Å²) in [5, 5.41) is 3.52. The van der Waals surface area contributed by atoms with E-state index in [-0.39, 0.29) is 0 Å². The van der Waals surface area contributed by atoms with Gasteiger partial charge in [-0.2, -0.15) is 0 Å². The molecule has 1 atom stereocenters. The summed E-state index contributed by atoms with van der Waals surface area (Å²) in [5.41, 5.74) is 1.17. The molecule has 100 valence electrons. The lowest BCUT2D eigenvalue weighted by Gasteiger charge is -2.15. The molecule has 0 aromatic heterocycles. The van der Waals surface area contributed by atoms with Crippen LogP contribution in [0.4, 0.5) is 5.69 Å². The largest absolute Gasteiger partial charge is 0.492 e. The van der Waals surface area contributed by atoms with Crippen molar-refractivity contribution in [3.63, 3.8) is 0 Å². The van der Waals surface area contributed by atoms with Gasteiger partial charge in [-0.05, 0) is 37.8 Å². The maximum absolute atomic E-state index is 5.76. The van der Waals surface area contributed by atoms with Gasteiger partial charge in [0.25, 0.3) is 0 Å². The van der Waals surface area contributed by atoms with Crippen LogP contribution in [0, 0.1) is 5.92 Å². The molecule has 0 spiro atoms. The van der Waals surface area contributed by atoms with Gasteiger partial charge in [0.05, 0.1) is 0 Å². The fraction of sp³-hybridized carbons (Fsp3) is 0.600. The molecule has 1 aromatic rings. The van der Waals surface area contributed by atoms with Gasteiger partial charge in [-0.15, -0.1) is 0 Å². The summed E-state index contributed by atoms with van der Waals surface area (Å²) in [7, 11) is 4.08. The molecule has 1 aliphatic carbocycles. The summed E-state index contributed by atoms with van der Waals surface area (Å²) in [4.78, 5) is 2.08. The number of hydrogen-bond donors (Lipinski definition) is 1. The van der Waals surface area contributed by atoms with E-state index in [0.717, 1.165) is 24.8 Å². The van der Waals surface area contributed by atoms with Crippen LogP contribution < -0.4 is 15.0 Å². The highest BCUT2D eigenvalue weighted by Crippen LogP contribution is 2.32. The smallest absolute Gasteiger partial charge is 0.121 e. The van der Waals surface area contributed by atoms with Gasteiger partial charge in [0, 0.05) is 38.4 Å². The second-order valence-electron chi connectivity index (χ2n) is 5.32. The van der Waals surface area contributed by atoms with E-state index >= 15 is 0 Å². The molecule has 3 heteroatoms. The SMILES string of the molecule is CC(NCCOc1cccc(N(C)C)c1)C1CC1. The molecule has 0 bridgehead atoms. The van der Waals surface area contributed by atoms with Gasteiger partial charge in [0.1, 0.15) is 12.4 Å². The molecule has 1 N–H and O–H groups in total. The minimum absolute atomic E-state index is 0.640. The molecule has 1 unspecified atom stereocenters. The molecule has 2 rings (SSSR count). The molecule has 0 saturated heterocycles. The summed E-state index contributed by atoms with van der Waals surface area (Å²) < 4.78 is 5.76. The zero-order valence-electron chi connectivity index (χ0n) is 11.6. The molecule has 1 aromatic carbocycles. The second-order valence-corrected chi connectivity index (χ2v) is 5.32. The summed E-state index contributed by atoms with van der Waals surface area (Å²) in [6, 6.07) is 8.84. The number of hydrogen-bond acceptors (Lipinski definition) is 3. The molecule has 0 radical (unpaired) electrons. The van der Waals surface area contributed by atoms with Crippen molar-refractivity contribution < 1.29 is 4.74 Å². The Morgan fingerprint density at radius 3 is 2.83 bits per heavy atom. The molecule has 18 heavy (non-hydrogen) atoms. The van der Waals surface area contributed by atoms with E-state index in [1.165, 1.54) is 18.5 Å². The van der Waals surface area contributed by atoms with Crippen molar-refractivity contribution in [2.75, 3.05) is 32.1 Å². The van der Waals surface area contributed by atoms with E-state index in [1.54, 1.807) is 0 Å². The molecular weight excluding hydrogens is 224 g/mol. The second kappa shape index (κ2) is 6.10. The Morgan fingerprint density at radius 1 is 1.39 bits per heavy atom. The molecule has 0 heterocycles. The summed E-state index contributed by atoms with van der Waals surface area (Å²) in [6.45, 7) is 3.92. The van der Waals surface area contributed by atoms with Crippen LogP contribution in [-0.4, -0.2) is 33.3 Å². The Hall–Kier alpha value is -1.22. The van der Waals surface area contributed by atoms with Crippen LogP contribution in [0.25, 0.3) is 0 Å². The van der Waals surface area contributed by atoms with Crippen LogP contribution in [0.15, 0.2) is 24.3 Å². The van der Waals surface area contributed by atoms with Gasteiger partial charge < -0.3 is 15.0 Å². The Morgan fingerprint density at radius 2 is 2.17 bits per heavy atom. The zero-order chi connectivity index (χ0) is 13.0. The van der Waals surface area contributed by atoms with E-state index < -0.39 is 0 Å². The molecule has 3 nitrogen and oxygen atoms in total. The summed E-state index contributed by atoms with van der Waals surface area (Å²) >= 11 is 0. The number of nitrogens with one attached hydrogen (secondary N) is 1. The minimum Gasteiger partial charge on any atom is -0.492 e. The van der Waals surface area contributed by atoms with Crippen LogP contribution in [0.5, 0.6) is 5.75 Å². The van der Waals surface area contributed by atoms with E-state index in [9.17, 15) is 0 Å². The van der Waals surface area contributed by atoms with Crippen LogP contribution in [-0.2, 0) is 0 Å². The Kier molecular flexibility index (Phi) is 4.48. The summed E-state index contributed by atoms with van der Waals surface area (Å²) in [6.07, 6.45) is 2.78. The van der Waals surface area contributed by atoms with Crippen LogP contribution in [0.2, 0.25) is 0 Å². The standard InChI is InChI=1S/C15H24N2O/c1-12(13-7-8-13)16-9-10-18-15-6-4-5-14(11-15)17(2)3/h4-6,11-13,16H,7-10H2,1-3H3. The number of ether oxygens (including phenoxy) is 1. The first-order valence-electron chi connectivity index (χ1n) is 6.80. The van der Waals surface area contributed by atoms with Crippen molar-refractivity contribution in [2.45, 2.75) is 25.8 Å². The Balaban J connectivity index is 1.70. The van der Waals surface area contributed by atoms with Crippen molar-refractivity contribution in [1.82, 2.24) is 5.32 Å². The first-order valence-corrected chi connectivity index (χ1v) is 6.80. The van der Waals surface area contributed by atoms with Gasteiger partial charge in [-0.1, -0.05) is 6.07 Å². The monoisotopic (exact) mass is 248 g/mol. The zero-order valence-corrected chi connectivity index (χ0v) is 11.6. The molecular formula is C15H24N2O. The van der Waals surface area contributed by atoms with Crippen molar-refractivity contribution >= 4 is 5.69 Å². The highest BCUT2D eigenvalue weighted by atomic mass is 16.5. The maximum Gasteiger partial charge on any atom is 0.121 e. The molecule has 1 fully saturated rings. The van der Waals surface area contributed by atoms with Crippen molar-refractivity contribution in [3.05, 3.63) is 24.3 Å². The first kappa shape index (κ1) is 13.2. The van der Waals surface area contributed by atoms with Crippen LogP contribution in [0.1, 0.15) is 19.8 Å². The van der Waals surface area contributed by atoms with E-state index in [1.807, 2.05) is 26.2 Å². The van der Waals surface area contributed by atoms with Crippen molar-refractivity contribution in [3.8, 4) is 5.75 Å². The molecule has 1 saturated carbocycles. The molecule has 0 aliphatic heterocycles. The number of anilines is 1. The van der Waals surface area contributed by atoms with Crippen molar-refractivity contribution in [1.29, 1.82) is 0 Å². The predicted octanol–water partition coefficient (Wildman–Crippen LogP) is 2.52. The Labute approximate surface area is 110 Å². The van der Waals surface area contributed by atoms with Crippen molar-refractivity contribution in [2.24, 2.45) is 5.92 Å². The lowest BCUT2D eigenvalue weighted by atomic mass is 10.2. The van der Waals surface area contributed by atoms with E-state index in [4.69, 9.17) is 4.74 Å². The lowest BCUT2D eigenvalue weighted by molar-refractivity contribution is 0.303. The third-order valence-electron chi connectivity index (χ3n) is 3.50. The third kappa shape index (κ3) is 3.91. The van der Waals surface area contributed by atoms with E-state index in [0.29, 0.717) is 6.04 Å². The quantitative estimate of drug-likeness (QED) is 0.750.